The second-order valence-electron chi connectivity index (χ2n) is 8.93. The Labute approximate surface area is 225 Å². The SMILES string of the molecule is CCOC(=O)c1ccc(-c2cnc3sc(-c4ccc(OCCCCCN5CCSCC5)cc4)nn23)cc1. The highest BCUT2D eigenvalue weighted by atomic mass is 32.2. The Hall–Kier alpha value is -2.88. The van der Waals surface area contributed by atoms with E-state index in [0.29, 0.717) is 12.2 Å². The number of ether oxygens (including phenoxy) is 2. The normalized spacial score (nSPS) is 14.2. The van der Waals surface area contributed by atoms with Gasteiger partial charge in [-0.05, 0) is 69.1 Å². The second-order valence-corrected chi connectivity index (χ2v) is 11.1. The summed E-state index contributed by atoms with van der Waals surface area (Å²) >= 11 is 3.61. The van der Waals surface area contributed by atoms with Gasteiger partial charge in [-0.15, -0.1) is 0 Å². The predicted octanol–water partition coefficient (Wildman–Crippen LogP) is 5.90. The van der Waals surface area contributed by atoms with Gasteiger partial charge in [0.25, 0.3) is 0 Å². The van der Waals surface area contributed by atoms with E-state index in [0.717, 1.165) is 45.6 Å². The summed E-state index contributed by atoms with van der Waals surface area (Å²) in [5.74, 6) is 3.13. The second kappa shape index (κ2) is 12.6. The summed E-state index contributed by atoms with van der Waals surface area (Å²) in [7, 11) is 0. The lowest BCUT2D eigenvalue weighted by molar-refractivity contribution is 0.0526. The number of hydrogen-bond acceptors (Lipinski definition) is 8. The molecule has 0 bridgehead atoms. The molecule has 0 N–H and O–H groups in total. The van der Waals surface area contributed by atoms with E-state index in [1.54, 1.807) is 30.4 Å². The zero-order chi connectivity index (χ0) is 25.5. The molecular formula is C28H32N4O3S2. The number of carbonyl (C=O) groups excluding carboxylic acids is 1. The topological polar surface area (TPSA) is 69.0 Å². The first-order valence-electron chi connectivity index (χ1n) is 12.9. The number of aromatic nitrogens is 3. The molecule has 3 heterocycles. The highest BCUT2D eigenvalue weighted by Gasteiger charge is 2.14. The minimum atomic E-state index is -0.317. The molecule has 2 aromatic carbocycles. The standard InChI is InChI=1S/C28H32N4O3S2/c1-2-34-27(33)23-8-6-21(7-9-23)25-20-29-28-32(25)30-26(37-28)22-10-12-24(13-11-22)35-17-5-3-4-14-31-15-18-36-19-16-31/h6-13,20H,2-5,14-19H2,1H3. The Bertz CT molecular complexity index is 1300. The first kappa shape index (κ1) is 25.8. The third kappa shape index (κ3) is 6.52. The van der Waals surface area contributed by atoms with Crippen molar-refractivity contribution in [2.45, 2.75) is 26.2 Å². The smallest absolute Gasteiger partial charge is 0.338 e. The van der Waals surface area contributed by atoms with Crippen LogP contribution in [0.5, 0.6) is 5.75 Å². The monoisotopic (exact) mass is 536 g/mol. The van der Waals surface area contributed by atoms with Gasteiger partial charge in [-0.1, -0.05) is 23.5 Å². The van der Waals surface area contributed by atoms with Gasteiger partial charge in [0.15, 0.2) is 0 Å². The summed E-state index contributed by atoms with van der Waals surface area (Å²) in [6, 6.07) is 15.5. The van der Waals surface area contributed by atoms with E-state index in [9.17, 15) is 4.79 Å². The Balaban J connectivity index is 1.15. The Kier molecular flexibility index (Phi) is 8.76. The van der Waals surface area contributed by atoms with Crippen molar-refractivity contribution in [3.05, 3.63) is 60.3 Å². The zero-order valence-corrected chi connectivity index (χ0v) is 22.7. The number of fused-ring (bicyclic) bond motifs is 1. The molecule has 5 rings (SSSR count). The summed E-state index contributed by atoms with van der Waals surface area (Å²) in [6.07, 6.45) is 5.34. The molecule has 1 fully saturated rings. The minimum absolute atomic E-state index is 0.317. The van der Waals surface area contributed by atoms with Crippen molar-refractivity contribution >= 4 is 34.0 Å². The minimum Gasteiger partial charge on any atom is -0.494 e. The number of nitrogens with zero attached hydrogens (tertiary/aromatic N) is 4. The van der Waals surface area contributed by atoms with E-state index in [-0.39, 0.29) is 5.97 Å². The molecule has 194 valence electrons. The van der Waals surface area contributed by atoms with Gasteiger partial charge in [0.2, 0.25) is 4.96 Å². The van der Waals surface area contributed by atoms with Crippen LogP contribution < -0.4 is 4.74 Å². The number of carbonyl (C=O) groups is 1. The van der Waals surface area contributed by atoms with E-state index in [1.807, 2.05) is 35.0 Å². The van der Waals surface area contributed by atoms with E-state index in [2.05, 4.69) is 33.8 Å². The molecule has 7 nitrogen and oxygen atoms in total. The molecule has 0 aliphatic carbocycles. The molecule has 0 saturated carbocycles. The van der Waals surface area contributed by atoms with Crippen LogP contribution in [-0.4, -0.2) is 69.8 Å². The molecule has 0 radical (unpaired) electrons. The van der Waals surface area contributed by atoms with E-state index in [4.69, 9.17) is 14.6 Å². The largest absolute Gasteiger partial charge is 0.494 e. The van der Waals surface area contributed by atoms with Crippen molar-refractivity contribution in [3.8, 4) is 27.6 Å². The fourth-order valence-corrected chi connectivity index (χ4v) is 6.18. The van der Waals surface area contributed by atoms with Crippen LogP contribution in [0.4, 0.5) is 0 Å². The van der Waals surface area contributed by atoms with Crippen LogP contribution in [0.25, 0.3) is 26.8 Å². The van der Waals surface area contributed by atoms with Crippen LogP contribution in [0.3, 0.4) is 0 Å². The highest BCUT2D eigenvalue weighted by molar-refractivity contribution is 7.99. The van der Waals surface area contributed by atoms with Gasteiger partial charge < -0.3 is 14.4 Å². The third-order valence-corrected chi connectivity index (χ3v) is 8.28. The van der Waals surface area contributed by atoms with Crippen LogP contribution in [0.15, 0.2) is 54.7 Å². The van der Waals surface area contributed by atoms with Crippen LogP contribution in [0.1, 0.15) is 36.5 Å². The predicted molar refractivity (Wildman–Crippen MR) is 151 cm³/mol. The summed E-state index contributed by atoms with van der Waals surface area (Å²) in [4.78, 5) is 19.9. The first-order valence-corrected chi connectivity index (χ1v) is 14.8. The molecule has 0 unspecified atom stereocenters. The van der Waals surface area contributed by atoms with Crippen molar-refractivity contribution in [3.63, 3.8) is 0 Å². The van der Waals surface area contributed by atoms with Crippen LogP contribution >= 0.6 is 23.1 Å². The average molecular weight is 537 g/mol. The fraction of sp³-hybridized carbons (Fsp3) is 0.393. The molecule has 2 aromatic heterocycles. The van der Waals surface area contributed by atoms with E-state index < -0.39 is 0 Å². The van der Waals surface area contributed by atoms with Gasteiger partial charge in [0.1, 0.15) is 10.8 Å². The molecule has 1 aliphatic heterocycles. The Morgan fingerprint density at radius 3 is 2.49 bits per heavy atom. The van der Waals surface area contributed by atoms with Gasteiger partial charge in [0, 0.05) is 35.7 Å². The van der Waals surface area contributed by atoms with Gasteiger partial charge in [0.05, 0.1) is 30.7 Å². The van der Waals surface area contributed by atoms with Crippen molar-refractivity contribution in [1.82, 2.24) is 19.5 Å². The Morgan fingerprint density at radius 2 is 1.73 bits per heavy atom. The van der Waals surface area contributed by atoms with E-state index in [1.165, 1.54) is 44.0 Å². The van der Waals surface area contributed by atoms with Gasteiger partial charge in [-0.2, -0.15) is 16.9 Å². The lowest BCUT2D eigenvalue weighted by Gasteiger charge is -2.25. The molecule has 9 heteroatoms. The molecular weight excluding hydrogens is 504 g/mol. The molecule has 0 amide bonds. The summed E-state index contributed by atoms with van der Waals surface area (Å²) in [6.45, 7) is 6.60. The van der Waals surface area contributed by atoms with Gasteiger partial charge in [-0.25, -0.2) is 14.3 Å². The molecule has 0 spiro atoms. The number of esters is 1. The van der Waals surface area contributed by atoms with Crippen LogP contribution in [0.2, 0.25) is 0 Å². The van der Waals surface area contributed by atoms with Crippen molar-refractivity contribution in [2.24, 2.45) is 0 Å². The highest BCUT2D eigenvalue weighted by Crippen LogP contribution is 2.30. The van der Waals surface area contributed by atoms with Gasteiger partial charge in [-0.3, -0.25) is 0 Å². The summed E-state index contributed by atoms with van der Waals surface area (Å²) < 4.78 is 12.9. The number of thioether (sulfide) groups is 1. The number of hydrogen-bond donors (Lipinski definition) is 0. The third-order valence-electron chi connectivity index (χ3n) is 6.37. The van der Waals surface area contributed by atoms with Crippen molar-refractivity contribution in [2.75, 3.05) is 44.4 Å². The molecule has 4 aromatic rings. The molecule has 37 heavy (non-hydrogen) atoms. The maximum atomic E-state index is 11.9. The maximum absolute atomic E-state index is 11.9. The lowest BCUT2D eigenvalue weighted by Crippen LogP contribution is -2.33. The molecule has 1 saturated heterocycles. The number of rotatable bonds is 11. The van der Waals surface area contributed by atoms with Gasteiger partial charge >= 0.3 is 5.97 Å². The van der Waals surface area contributed by atoms with Crippen molar-refractivity contribution in [1.29, 1.82) is 0 Å². The van der Waals surface area contributed by atoms with Crippen LogP contribution in [-0.2, 0) is 4.74 Å². The first-order chi connectivity index (χ1) is 18.2. The summed E-state index contributed by atoms with van der Waals surface area (Å²) in [5.41, 5.74) is 3.39. The number of unbranched alkanes of at least 4 members (excludes halogenated alkanes) is 2. The average Bonchev–Trinajstić information content (AvgIpc) is 3.53. The lowest BCUT2D eigenvalue weighted by atomic mass is 10.1. The molecule has 0 atom stereocenters. The fourth-order valence-electron chi connectivity index (χ4n) is 4.32. The van der Waals surface area contributed by atoms with Crippen LogP contribution in [0, 0.1) is 0 Å². The maximum Gasteiger partial charge on any atom is 0.338 e. The Morgan fingerprint density at radius 1 is 0.973 bits per heavy atom. The summed E-state index contributed by atoms with van der Waals surface area (Å²) in [5, 5.41) is 5.70. The van der Waals surface area contributed by atoms with Crippen molar-refractivity contribution < 1.29 is 14.3 Å². The number of benzene rings is 2. The zero-order valence-electron chi connectivity index (χ0n) is 21.1. The van der Waals surface area contributed by atoms with E-state index >= 15 is 0 Å². The molecule has 1 aliphatic rings. The quantitative estimate of drug-likeness (QED) is 0.175. The number of imidazole rings is 1.